The first-order valence-electron chi connectivity index (χ1n) is 8.04. The third-order valence-electron chi connectivity index (χ3n) is 3.84. The Balaban J connectivity index is 1.73. The highest BCUT2D eigenvalue weighted by atomic mass is 32.2. The van der Waals surface area contributed by atoms with Gasteiger partial charge in [0.25, 0.3) is 10.0 Å². The smallest absolute Gasteiger partial charge is 0.271 e. The van der Waals surface area contributed by atoms with Crippen LogP contribution >= 0.6 is 11.3 Å². The summed E-state index contributed by atoms with van der Waals surface area (Å²) < 4.78 is 27.5. The fraction of sp³-hybridized carbons (Fsp3) is 0.158. The van der Waals surface area contributed by atoms with Crippen LogP contribution in [0.1, 0.15) is 12.5 Å². The van der Waals surface area contributed by atoms with Crippen molar-refractivity contribution in [3.8, 4) is 0 Å². The van der Waals surface area contributed by atoms with Gasteiger partial charge < -0.3 is 4.90 Å². The molecule has 130 valence electrons. The van der Waals surface area contributed by atoms with Crippen molar-refractivity contribution in [1.29, 1.82) is 0 Å². The van der Waals surface area contributed by atoms with Crippen molar-refractivity contribution in [2.75, 3.05) is 16.2 Å². The summed E-state index contributed by atoms with van der Waals surface area (Å²) in [6.07, 6.45) is 0. The maximum Gasteiger partial charge on any atom is 0.271 e. The average molecular weight is 373 g/mol. The molecule has 0 aliphatic rings. The Morgan fingerprint density at radius 1 is 0.960 bits per heavy atom. The van der Waals surface area contributed by atoms with Gasteiger partial charge >= 0.3 is 0 Å². The van der Waals surface area contributed by atoms with Crippen molar-refractivity contribution in [3.63, 3.8) is 0 Å². The predicted molar refractivity (Wildman–Crippen MR) is 105 cm³/mol. The molecule has 0 amide bonds. The second-order valence-electron chi connectivity index (χ2n) is 5.58. The molecule has 0 bridgehead atoms. The van der Waals surface area contributed by atoms with Crippen LogP contribution in [-0.4, -0.2) is 15.0 Å². The van der Waals surface area contributed by atoms with Gasteiger partial charge in [-0.3, -0.25) is 4.72 Å². The molecule has 0 saturated carbocycles. The standard InChI is InChI=1S/C19H20N2O2S2/c1-2-21(15-16-7-4-3-5-8-16)18-12-10-17(11-13-18)20-25(22,23)19-9-6-14-24-19/h3-14,20H,2,15H2,1H3. The number of thiophene rings is 1. The lowest BCUT2D eigenvalue weighted by atomic mass is 10.2. The first kappa shape index (κ1) is 17.5. The number of nitrogens with one attached hydrogen (secondary N) is 1. The molecule has 1 aromatic heterocycles. The van der Waals surface area contributed by atoms with Gasteiger partial charge in [0.05, 0.1) is 0 Å². The SMILES string of the molecule is CCN(Cc1ccccc1)c1ccc(NS(=O)(=O)c2cccs2)cc1. The van der Waals surface area contributed by atoms with Crippen molar-refractivity contribution in [2.45, 2.75) is 17.7 Å². The first-order valence-corrected chi connectivity index (χ1v) is 10.4. The summed E-state index contributed by atoms with van der Waals surface area (Å²) in [7, 11) is -3.50. The van der Waals surface area contributed by atoms with Crippen LogP contribution < -0.4 is 9.62 Å². The van der Waals surface area contributed by atoms with E-state index in [1.165, 1.54) is 16.9 Å². The third kappa shape index (κ3) is 4.41. The van der Waals surface area contributed by atoms with Crippen LogP contribution in [0.2, 0.25) is 0 Å². The van der Waals surface area contributed by atoms with Crippen molar-refractivity contribution in [2.24, 2.45) is 0 Å². The van der Waals surface area contributed by atoms with Crippen molar-refractivity contribution < 1.29 is 8.42 Å². The summed E-state index contributed by atoms with van der Waals surface area (Å²) in [6, 6.07) is 21.1. The number of sulfonamides is 1. The topological polar surface area (TPSA) is 49.4 Å². The Morgan fingerprint density at radius 3 is 2.28 bits per heavy atom. The second kappa shape index (κ2) is 7.72. The Labute approximate surface area is 152 Å². The molecular weight excluding hydrogens is 352 g/mol. The molecule has 0 aliphatic carbocycles. The Hall–Kier alpha value is -2.31. The first-order chi connectivity index (χ1) is 12.1. The molecule has 3 aromatic rings. The van der Waals surface area contributed by atoms with E-state index in [0.29, 0.717) is 9.90 Å². The maximum atomic E-state index is 12.3. The largest absolute Gasteiger partial charge is 0.367 e. The maximum absolute atomic E-state index is 12.3. The van der Waals surface area contributed by atoms with Crippen molar-refractivity contribution >= 4 is 32.7 Å². The number of hydrogen-bond donors (Lipinski definition) is 1. The van der Waals surface area contributed by atoms with Gasteiger partial charge in [-0.05, 0) is 48.2 Å². The minimum Gasteiger partial charge on any atom is -0.367 e. The van der Waals surface area contributed by atoms with E-state index in [2.05, 4.69) is 28.7 Å². The van der Waals surface area contributed by atoms with Crippen LogP contribution in [0.3, 0.4) is 0 Å². The van der Waals surface area contributed by atoms with E-state index in [-0.39, 0.29) is 0 Å². The fourth-order valence-electron chi connectivity index (χ4n) is 2.55. The van der Waals surface area contributed by atoms with Gasteiger partial charge in [0, 0.05) is 24.5 Å². The van der Waals surface area contributed by atoms with E-state index >= 15 is 0 Å². The summed E-state index contributed by atoms with van der Waals surface area (Å²) in [6.45, 7) is 3.79. The molecule has 0 fully saturated rings. The highest BCUT2D eigenvalue weighted by Gasteiger charge is 2.15. The third-order valence-corrected chi connectivity index (χ3v) is 6.62. The van der Waals surface area contributed by atoms with Crippen LogP contribution in [0.4, 0.5) is 11.4 Å². The molecule has 0 atom stereocenters. The van der Waals surface area contributed by atoms with Gasteiger partial charge in [-0.15, -0.1) is 11.3 Å². The lowest BCUT2D eigenvalue weighted by Crippen LogP contribution is -2.21. The number of hydrogen-bond acceptors (Lipinski definition) is 4. The molecule has 6 heteroatoms. The zero-order valence-electron chi connectivity index (χ0n) is 13.9. The predicted octanol–water partition coefficient (Wildman–Crippen LogP) is 4.58. The van der Waals surface area contributed by atoms with Crippen LogP contribution in [0.15, 0.2) is 76.3 Å². The summed E-state index contributed by atoms with van der Waals surface area (Å²) in [5.74, 6) is 0. The zero-order chi connectivity index (χ0) is 17.7. The summed E-state index contributed by atoms with van der Waals surface area (Å²) >= 11 is 1.20. The van der Waals surface area contributed by atoms with Gasteiger partial charge in [-0.25, -0.2) is 8.42 Å². The average Bonchev–Trinajstić information content (AvgIpc) is 3.17. The van der Waals surface area contributed by atoms with Crippen molar-refractivity contribution in [3.05, 3.63) is 77.7 Å². The van der Waals surface area contributed by atoms with Crippen LogP contribution in [0.25, 0.3) is 0 Å². The highest BCUT2D eigenvalue weighted by Crippen LogP contribution is 2.23. The van der Waals surface area contributed by atoms with Gasteiger partial charge in [0.2, 0.25) is 0 Å². The Bertz CT molecular complexity index is 890. The molecule has 0 spiro atoms. The van der Waals surface area contributed by atoms with E-state index in [1.807, 2.05) is 30.3 Å². The lowest BCUT2D eigenvalue weighted by Gasteiger charge is -2.23. The number of benzene rings is 2. The molecule has 0 aliphatic heterocycles. The minimum atomic E-state index is -3.50. The molecule has 2 aromatic carbocycles. The minimum absolute atomic E-state index is 0.316. The van der Waals surface area contributed by atoms with E-state index in [4.69, 9.17) is 0 Å². The van der Waals surface area contributed by atoms with E-state index in [9.17, 15) is 8.42 Å². The summed E-state index contributed by atoms with van der Waals surface area (Å²) in [4.78, 5) is 2.24. The van der Waals surface area contributed by atoms with E-state index in [1.54, 1.807) is 29.6 Å². The number of anilines is 2. The normalized spacial score (nSPS) is 11.2. The quantitative estimate of drug-likeness (QED) is 0.661. The Morgan fingerprint density at radius 2 is 1.68 bits per heavy atom. The molecule has 0 radical (unpaired) electrons. The number of nitrogens with zero attached hydrogens (tertiary/aromatic N) is 1. The molecule has 1 heterocycles. The molecule has 3 rings (SSSR count). The second-order valence-corrected chi connectivity index (χ2v) is 8.44. The Kier molecular flexibility index (Phi) is 5.40. The monoisotopic (exact) mass is 372 g/mol. The van der Waals surface area contributed by atoms with Gasteiger partial charge in [-0.2, -0.15) is 0 Å². The summed E-state index contributed by atoms with van der Waals surface area (Å²) in [5.41, 5.74) is 2.87. The molecule has 1 N–H and O–H groups in total. The van der Waals surface area contributed by atoms with E-state index < -0.39 is 10.0 Å². The summed E-state index contributed by atoms with van der Waals surface area (Å²) in [5, 5.41) is 1.75. The van der Waals surface area contributed by atoms with E-state index in [0.717, 1.165) is 18.8 Å². The molecule has 0 unspecified atom stereocenters. The van der Waals surface area contributed by atoms with Gasteiger partial charge in [-0.1, -0.05) is 36.4 Å². The lowest BCUT2D eigenvalue weighted by molar-refractivity contribution is 0.603. The molecule has 0 saturated heterocycles. The van der Waals surface area contributed by atoms with Crippen LogP contribution in [0.5, 0.6) is 0 Å². The molecule has 4 nitrogen and oxygen atoms in total. The zero-order valence-corrected chi connectivity index (χ0v) is 15.6. The van der Waals surface area contributed by atoms with Crippen molar-refractivity contribution in [1.82, 2.24) is 0 Å². The molecule has 25 heavy (non-hydrogen) atoms. The highest BCUT2D eigenvalue weighted by molar-refractivity contribution is 7.94. The fourth-order valence-corrected chi connectivity index (χ4v) is 4.60. The van der Waals surface area contributed by atoms with Gasteiger partial charge in [0.15, 0.2) is 0 Å². The molecular formula is C19H20N2O2S2. The van der Waals surface area contributed by atoms with Crippen LogP contribution in [-0.2, 0) is 16.6 Å². The van der Waals surface area contributed by atoms with Crippen LogP contribution in [0, 0.1) is 0 Å². The number of rotatable bonds is 7. The van der Waals surface area contributed by atoms with Gasteiger partial charge in [0.1, 0.15) is 4.21 Å².